The van der Waals surface area contributed by atoms with Crippen molar-refractivity contribution >= 4 is 17.4 Å². The third kappa shape index (κ3) is 4.11. The van der Waals surface area contributed by atoms with Gasteiger partial charge < -0.3 is 15.4 Å². The number of urea groups is 1. The largest absolute Gasteiger partial charge is 0.494 e. The lowest BCUT2D eigenvalue weighted by atomic mass is 10.2. The number of benzene rings is 1. The Morgan fingerprint density at radius 1 is 1.40 bits per heavy atom. The second-order valence-corrected chi connectivity index (χ2v) is 4.25. The average Bonchev–Trinajstić information content (AvgIpc) is 2.44. The first-order valence-corrected chi connectivity index (χ1v) is 6.41. The molecule has 0 aromatic heterocycles. The lowest BCUT2D eigenvalue weighted by molar-refractivity contribution is -0.384. The summed E-state index contributed by atoms with van der Waals surface area (Å²) in [6.45, 7) is 3.97. The molecule has 1 aromatic rings. The van der Waals surface area contributed by atoms with Gasteiger partial charge in [0.25, 0.3) is 5.69 Å². The number of amides is 2. The molecule has 7 heteroatoms. The minimum atomic E-state index is -0.517. The summed E-state index contributed by atoms with van der Waals surface area (Å²) in [5.41, 5.74) is 0.300. The molecular weight excluding hydrogens is 262 g/mol. The van der Waals surface area contributed by atoms with Crippen LogP contribution in [0.15, 0.2) is 18.2 Å². The highest BCUT2D eigenvalue weighted by Crippen LogP contribution is 2.28. The molecule has 0 fully saturated rings. The summed E-state index contributed by atoms with van der Waals surface area (Å²) in [6, 6.07) is 3.77. The number of carbonyl (C=O) groups is 1. The van der Waals surface area contributed by atoms with E-state index in [9.17, 15) is 14.9 Å². The van der Waals surface area contributed by atoms with Gasteiger partial charge in [0.2, 0.25) is 0 Å². The van der Waals surface area contributed by atoms with Gasteiger partial charge in [-0.15, -0.1) is 0 Å². The maximum atomic E-state index is 11.8. The van der Waals surface area contributed by atoms with Crippen molar-refractivity contribution in [3.8, 4) is 5.75 Å². The number of methoxy groups -OCH3 is 1. The van der Waals surface area contributed by atoms with Crippen molar-refractivity contribution in [1.29, 1.82) is 0 Å². The van der Waals surface area contributed by atoms with Gasteiger partial charge in [-0.25, -0.2) is 4.79 Å². The Balaban J connectivity index is 2.81. The Morgan fingerprint density at radius 3 is 2.55 bits per heavy atom. The summed E-state index contributed by atoms with van der Waals surface area (Å²) >= 11 is 0. The van der Waals surface area contributed by atoms with Gasteiger partial charge in [0.1, 0.15) is 5.75 Å². The SMILES string of the molecule is CCC(CC)NC(=O)Nc1ccc([N+](=O)[O-])cc1OC. The van der Waals surface area contributed by atoms with Gasteiger partial charge in [0.15, 0.2) is 0 Å². The number of nitrogens with zero attached hydrogens (tertiary/aromatic N) is 1. The first kappa shape index (κ1) is 15.7. The fourth-order valence-corrected chi connectivity index (χ4v) is 1.73. The molecule has 0 saturated carbocycles. The fraction of sp³-hybridized carbons (Fsp3) is 0.462. The van der Waals surface area contributed by atoms with E-state index in [-0.39, 0.29) is 23.5 Å². The number of rotatable bonds is 6. The van der Waals surface area contributed by atoms with Gasteiger partial charge >= 0.3 is 6.03 Å². The Bertz CT molecular complexity index is 487. The van der Waals surface area contributed by atoms with Crippen molar-refractivity contribution < 1.29 is 14.5 Å². The molecule has 0 atom stereocenters. The second kappa shape index (κ2) is 7.32. The van der Waals surface area contributed by atoms with E-state index in [1.54, 1.807) is 0 Å². The molecular formula is C13H19N3O4. The molecule has 7 nitrogen and oxygen atoms in total. The van der Waals surface area contributed by atoms with Crippen molar-refractivity contribution in [2.45, 2.75) is 32.7 Å². The third-order valence-corrected chi connectivity index (χ3v) is 2.96. The molecule has 1 aromatic carbocycles. The van der Waals surface area contributed by atoms with Gasteiger partial charge in [0.05, 0.1) is 23.8 Å². The second-order valence-electron chi connectivity index (χ2n) is 4.25. The summed E-state index contributed by atoms with van der Waals surface area (Å²) in [7, 11) is 1.39. The molecule has 0 heterocycles. The van der Waals surface area contributed by atoms with Crippen LogP contribution in [0, 0.1) is 10.1 Å². The zero-order chi connectivity index (χ0) is 15.1. The number of nitro groups is 1. The number of nitro benzene ring substituents is 1. The van der Waals surface area contributed by atoms with Gasteiger partial charge in [-0.05, 0) is 18.9 Å². The lowest BCUT2D eigenvalue weighted by Gasteiger charge is -2.16. The summed E-state index contributed by atoms with van der Waals surface area (Å²) in [5.74, 6) is 0.249. The zero-order valence-electron chi connectivity index (χ0n) is 11.8. The minimum Gasteiger partial charge on any atom is -0.494 e. The van der Waals surface area contributed by atoms with E-state index >= 15 is 0 Å². The molecule has 0 aliphatic carbocycles. The predicted octanol–water partition coefficient (Wildman–Crippen LogP) is 2.91. The Labute approximate surface area is 117 Å². The minimum absolute atomic E-state index is 0.0900. The molecule has 20 heavy (non-hydrogen) atoms. The van der Waals surface area contributed by atoms with Crippen LogP contribution in [0.2, 0.25) is 0 Å². The number of hydrogen-bond acceptors (Lipinski definition) is 4. The molecule has 110 valence electrons. The van der Waals surface area contributed by atoms with Crippen LogP contribution in [0.1, 0.15) is 26.7 Å². The first-order chi connectivity index (χ1) is 9.51. The maximum Gasteiger partial charge on any atom is 0.319 e. The quantitative estimate of drug-likeness (QED) is 0.619. The van der Waals surface area contributed by atoms with E-state index in [0.29, 0.717) is 5.69 Å². The van der Waals surface area contributed by atoms with Crippen LogP contribution < -0.4 is 15.4 Å². The Morgan fingerprint density at radius 2 is 2.05 bits per heavy atom. The lowest BCUT2D eigenvalue weighted by Crippen LogP contribution is -2.37. The Kier molecular flexibility index (Phi) is 5.76. The van der Waals surface area contributed by atoms with Crippen molar-refractivity contribution in [3.63, 3.8) is 0 Å². The number of hydrogen-bond donors (Lipinski definition) is 2. The normalized spacial score (nSPS) is 10.2. The number of carbonyl (C=O) groups excluding carboxylic acids is 1. The fourth-order valence-electron chi connectivity index (χ4n) is 1.73. The molecule has 0 radical (unpaired) electrons. The number of ether oxygens (including phenoxy) is 1. The molecule has 2 amide bonds. The standard InChI is InChI=1S/C13H19N3O4/c1-4-9(5-2)14-13(17)15-11-7-6-10(16(18)19)8-12(11)20-3/h6-9H,4-5H2,1-3H3,(H2,14,15,17). The van der Waals surface area contributed by atoms with Gasteiger partial charge in [-0.2, -0.15) is 0 Å². The Hall–Kier alpha value is -2.31. The van der Waals surface area contributed by atoms with E-state index in [1.807, 2.05) is 13.8 Å². The van der Waals surface area contributed by atoms with Crippen LogP contribution in [-0.4, -0.2) is 24.1 Å². The number of non-ortho nitro benzene ring substituents is 1. The highest BCUT2D eigenvalue weighted by molar-refractivity contribution is 5.91. The van der Waals surface area contributed by atoms with Gasteiger partial charge in [-0.3, -0.25) is 10.1 Å². The van der Waals surface area contributed by atoms with Crippen LogP contribution in [0.5, 0.6) is 5.75 Å². The summed E-state index contributed by atoms with van der Waals surface area (Å²) < 4.78 is 5.05. The van der Waals surface area contributed by atoms with Crippen molar-refractivity contribution in [1.82, 2.24) is 5.32 Å². The van der Waals surface area contributed by atoms with E-state index in [4.69, 9.17) is 4.74 Å². The molecule has 0 bridgehead atoms. The first-order valence-electron chi connectivity index (χ1n) is 6.41. The highest BCUT2D eigenvalue weighted by Gasteiger charge is 2.14. The zero-order valence-corrected chi connectivity index (χ0v) is 11.8. The van der Waals surface area contributed by atoms with Gasteiger partial charge in [-0.1, -0.05) is 13.8 Å². The predicted molar refractivity (Wildman–Crippen MR) is 76.2 cm³/mol. The van der Waals surface area contributed by atoms with E-state index in [0.717, 1.165) is 12.8 Å². The van der Waals surface area contributed by atoms with E-state index in [1.165, 1.54) is 25.3 Å². The van der Waals surface area contributed by atoms with Crippen molar-refractivity contribution in [2.24, 2.45) is 0 Å². The van der Waals surface area contributed by atoms with E-state index < -0.39 is 4.92 Å². The monoisotopic (exact) mass is 281 g/mol. The highest BCUT2D eigenvalue weighted by atomic mass is 16.6. The summed E-state index contributed by atoms with van der Waals surface area (Å²) in [5, 5.41) is 16.1. The molecule has 0 aliphatic heterocycles. The van der Waals surface area contributed by atoms with Crippen molar-refractivity contribution in [2.75, 3.05) is 12.4 Å². The molecule has 1 rings (SSSR count). The maximum absolute atomic E-state index is 11.8. The van der Waals surface area contributed by atoms with Crippen LogP contribution >= 0.6 is 0 Å². The molecule has 0 saturated heterocycles. The third-order valence-electron chi connectivity index (χ3n) is 2.96. The molecule has 2 N–H and O–H groups in total. The summed E-state index contributed by atoms with van der Waals surface area (Å²) in [6.07, 6.45) is 1.67. The van der Waals surface area contributed by atoms with Crippen LogP contribution in [0.3, 0.4) is 0 Å². The van der Waals surface area contributed by atoms with Crippen molar-refractivity contribution in [3.05, 3.63) is 28.3 Å². The van der Waals surface area contributed by atoms with Crippen LogP contribution in [-0.2, 0) is 0 Å². The van der Waals surface area contributed by atoms with Crippen LogP contribution in [0.4, 0.5) is 16.2 Å². The number of anilines is 1. The smallest absolute Gasteiger partial charge is 0.319 e. The van der Waals surface area contributed by atoms with Gasteiger partial charge in [0, 0.05) is 12.1 Å². The van der Waals surface area contributed by atoms with E-state index in [2.05, 4.69) is 10.6 Å². The average molecular weight is 281 g/mol. The molecule has 0 unspecified atom stereocenters. The van der Waals surface area contributed by atoms with Crippen LogP contribution in [0.25, 0.3) is 0 Å². The summed E-state index contributed by atoms with van der Waals surface area (Å²) in [4.78, 5) is 22.0. The topological polar surface area (TPSA) is 93.5 Å². The molecule has 0 spiro atoms. The molecule has 0 aliphatic rings. The number of nitrogens with one attached hydrogen (secondary N) is 2.